The minimum absolute atomic E-state index is 0.0365. The van der Waals surface area contributed by atoms with Crippen LogP contribution in [0.25, 0.3) is 0 Å². The van der Waals surface area contributed by atoms with E-state index in [4.69, 9.17) is 9.47 Å². The molecule has 5 heteroatoms. The Balaban J connectivity index is 2.01. The van der Waals surface area contributed by atoms with E-state index in [1.54, 1.807) is 12.1 Å². The van der Waals surface area contributed by atoms with Crippen molar-refractivity contribution in [3.8, 4) is 5.75 Å². The predicted octanol–water partition coefficient (Wildman–Crippen LogP) is 2.71. The maximum absolute atomic E-state index is 13.2. The Morgan fingerprint density at radius 1 is 1.53 bits per heavy atom. The minimum atomic E-state index is -0.508. The molecule has 0 aliphatic heterocycles. The summed E-state index contributed by atoms with van der Waals surface area (Å²) in [7, 11) is 0. The van der Waals surface area contributed by atoms with Crippen molar-refractivity contribution < 1.29 is 18.7 Å². The molecule has 0 spiro atoms. The molecule has 0 aromatic heterocycles. The second kappa shape index (κ2) is 5.14. The van der Waals surface area contributed by atoms with Gasteiger partial charge < -0.3 is 9.47 Å². The number of hydrogen-bond acceptors (Lipinski definition) is 3. The number of carbonyl (C=O) groups excluding carboxylic acids is 1. The van der Waals surface area contributed by atoms with Gasteiger partial charge in [-0.25, -0.2) is 4.39 Å². The zero-order chi connectivity index (χ0) is 12.4. The van der Waals surface area contributed by atoms with Crippen molar-refractivity contribution in [1.29, 1.82) is 0 Å². The van der Waals surface area contributed by atoms with Gasteiger partial charge in [-0.1, -0.05) is 0 Å². The zero-order valence-electron chi connectivity index (χ0n) is 9.28. The first kappa shape index (κ1) is 12.5. The number of ketones is 1. The Hall–Kier alpha value is -0.940. The summed E-state index contributed by atoms with van der Waals surface area (Å²) in [6.45, 7) is 2.28. The Kier molecular flexibility index (Phi) is 3.79. The first-order chi connectivity index (χ1) is 8.11. The summed E-state index contributed by atoms with van der Waals surface area (Å²) in [6.07, 6.45) is -0.489. The van der Waals surface area contributed by atoms with Crippen molar-refractivity contribution in [2.75, 3.05) is 6.61 Å². The molecule has 3 nitrogen and oxygen atoms in total. The smallest absolute Gasteiger partial charge is 0.169 e. The molecule has 0 amide bonds. The summed E-state index contributed by atoms with van der Waals surface area (Å²) in [5, 5.41) is 0. The molecule has 0 N–H and O–H groups in total. The normalized spacial score (nSPS) is 23.4. The highest BCUT2D eigenvalue weighted by molar-refractivity contribution is 9.10. The lowest BCUT2D eigenvalue weighted by Crippen LogP contribution is -2.52. The zero-order valence-corrected chi connectivity index (χ0v) is 10.9. The topological polar surface area (TPSA) is 35.5 Å². The van der Waals surface area contributed by atoms with Crippen LogP contribution in [0.2, 0.25) is 0 Å². The SMILES string of the molecule is CCOC1C(=O)CC1Oc1ccc(Br)c(F)c1. The van der Waals surface area contributed by atoms with E-state index in [9.17, 15) is 9.18 Å². The Bertz CT molecular complexity index is 436. The molecule has 2 unspecified atom stereocenters. The monoisotopic (exact) mass is 302 g/mol. The molecule has 0 bridgehead atoms. The van der Waals surface area contributed by atoms with Gasteiger partial charge in [-0.3, -0.25) is 4.79 Å². The molecule has 1 aromatic rings. The molecule has 92 valence electrons. The second-order valence-electron chi connectivity index (χ2n) is 3.78. The van der Waals surface area contributed by atoms with E-state index in [-0.39, 0.29) is 17.7 Å². The van der Waals surface area contributed by atoms with Gasteiger partial charge in [0.2, 0.25) is 0 Å². The Labute approximate surface area is 107 Å². The molecule has 1 aliphatic carbocycles. The Morgan fingerprint density at radius 2 is 2.29 bits per heavy atom. The number of hydrogen-bond donors (Lipinski definition) is 0. The molecule has 2 atom stereocenters. The third-order valence-corrected chi connectivity index (χ3v) is 3.23. The van der Waals surface area contributed by atoms with E-state index in [1.807, 2.05) is 6.92 Å². The van der Waals surface area contributed by atoms with E-state index < -0.39 is 6.10 Å². The number of benzene rings is 1. The lowest BCUT2D eigenvalue weighted by molar-refractivity contribution is -0.154. The number of carbonyl (C=O) groups is 1. The second-order valence-corrected chi connectivity index (χ2v) is 4.63. The van der Waals surface area contributed by atoms with Gasteiger partial charge in [0.1, 0.15) is 17.7 Å². The van der Waals surface area contributed by atoms with Crippen molar-refractivity contribution in [3.63, 3.8) is 0 Å². The summed E-state index contributed by atoms with van der Waals surface area (Å²) in [5.74, 6) is 0.0587. The van der Waals surface area contributed by atoms with Crippen LogP contribution in [0.5, 0.6) is 5.75 Å². The van der Waals surface area contributed by atoms with Crippen LogP contribution in [0.4, 0.5) is 4.39 Å². The molecule has 2 rings (SSSR count). The molecule has 0 radical (unpaired) electrons. The number of ether oxygens (including phenoxy) is 2. The molecule has 1 aromatic carbocycles. The number of halogens is 2. The fourth-order valence-corrected chi connectivity index (χ4v) is 1.92. The molecule has 1 saturated carbocycles. The van der Waals surface area contributed by atoms with Crippen LogP contribution < -0.4 is 4.74 Å². The van der Waals surface area contributed by atoms with E-state index in [0.717, 1.165) is 0 Å². The van der Waals surface area contributed by atoms with Gasteiger partial charge in [-0.15, -0.1) is 0 Å². The van der Waals surface area contributed by atoms with E-state index in [1.165, 1.54) is 6.07 Å². The van der Waals surface area contributed by atoms with E-state index in [2.05, 4.69) is 15.9 Å². The maximum atomic E-state index is 13.2. The highest BCUT2D eigenvalue weighted by Crippen LogP contribution is 2.27. The standard InChI is InChI=1S/C12H12BrFO3/c1-2-16-12-10(15)6-11(12)17-7-3-4-8(13)9(14)5-7/h3-5,11-12H,2,6H2,1H3. The largest absolute Gasteiger partial charge is 0.487 e. The average molecular weight is 303 g/mol. The number of Topliss-reactive ketones (excluding diaryl/α,β-unsaturated/α-hetero) is 1. The summed E-state index contributed by atoms with van der Waals surface area (Å²) in [5.41, 5.74) is 0. The van der Waals surface area contributed by atoms with Gasteiger partial charge >= 0.3 is 0 Å². The lowest BCUT2D eigenvalue weighted by Gasteiger charge is -2.34. The molecule has 17 heavy (non-hydrogen) atoms. The van der Waals surface area contributed by atoms with Crippen LogP contribution in [0.3, 0.4) is 0 Å². The molecule has 1 fully saturated rings. The van der Waals surface area contributed by atoms with Gasteiger partial charge in [-0.05, 0) is 35.0 Å². The Morgan fingerprint density at radius 3 is 2.88 bits per heavy atom. The van der Waals surface area contributed by atoms with Crippen LogP contribution in [0.1, 0.15) is 13.3 Å². The molecular formula is C12H12BrFO3. The fourth-order valence-electron chi connectivity index (χ4n) is 1.68. The summed E-state index contributed by atoms with van der Waals surface area (Å²) in [6, 6.07) is 4.51. The van der Waals surface area contributed by atoms with Gasteiger partial charge in [0, 0.05) is 19.1 Å². The first-order valence-corrected chi connectivity index (χ1v) is 6.17. The minimum Gasteiger partial charge on any atom is -0.487 e. The van der Waals surface area contributed by atoms with Gasteiger partial charge in [0.15, 0.2) is 11.9 Å². The van der Waals surface area contributed by atoms with Crippen LogP contribution in [0.15, 0.2) is 22.7 Å². The quantitative estimate of drug-likeness (QED) is 0.858. The summed E-state index contributed by atoms with van der Waals surface area (Å²) >= 11 is 3.06. The van der Waals surface area contributed by atoms with Crippen molar-refractivity contribution in [1.82, 2.24) is 0 Å². The van der Waals surface area contributed by atoms with Crippen LogP contribution >= 0.6 is 15.9 Å². The molecule has 0 heterocycles. The van der Waals surface area contributed by atoms with Gasteiger partial charge in [0.05, 0.1) is 4.47 Å². The van der Waals surface area contributed by atoms with Gasteiger partial charge in [0.25, 0.3) is 0 Å². The van der Waals surface area contributed by atoms with Gasteiger partial charge in [-0.2, -0.15) is 0 Å². The predicted molar refractivity (Wildman–Crippen MR) is 63.6 cm³/mol. The summed E-state index contributed by atoms with van der Waals surface area (Å²) < 4.78 is 24.4. The van der Waals surface area contributed by atoms with Crippen LogP contribution in [-0.2, 0) is 9.53 Å². The van der Waals surface area contributed by atoms with Crippen molar-refractivity contribution in [3.05, 3.63) is 28.5 Å². The van der Waals surface area contributed by atoms with Crippen molar-refractivity contribution in [2.45, 2.75) is 25.6 Å². The van der Waals surface area contributed by atoms with E-state index in [0.29, 0.717) is 23.2 Å². The third-order valence-electron chi connectivity index (χ3n) is 2.58. The molecule has 0 saturated heterocycles. The average Bonchev–Trinajstić information content (AvgIpc) is 2.30. The molecular weight excluding hydrogens is 291 g/mol. The van der Waals surface area contributed by atoms with Crippen molar-refractivity contribution >= 4 is 21.7 Å². The molecule has 1 aliphatic rings. The van der Waals surface area contributed by atoms with E-state index >= 15 is 0 Å². The van der Waals surface area contributed by atoms with Crippen LogP contribution in [0, 0.1) is 5.82 Å². The lowest BCUT2D eigenvalue weighted by atomic mass is 9.90. The fraction of sp³-hybridized carbons (Fsp3) is 0.417. The highest BCUT2D eigenvalue weighted by Gasteiger charge is 2.42. The van der Waals surface area contributed by atoms with Crippen LogP contribution in [-0.4, -0.2) is 24.6 Å². The highest BCUT2D eigenvalue weighted by atomic mass is 79.9. The third kappa shape index (κ3) is 2.66. The maximum Gasteiger partial charge on any atom is 0.169 e. The number of rotatable bonds is 4. The van der Waals surface area contributed by atoms with Crippen molar-refractivity contribution in [2.24, 2.45) is 0 Å². The first-order valence-electron chi connectivity index (χ1n) is 5.38. The summed E-state index contributed by atoms with van der Waals surface area (Å²) in [4.78, 5) is 11.3.